The summed E-state index contributed by atoms with van der Waals surface area (Å²) in [5, 5.41) is 2.61. The predicted molar refractivity (Wildman–Crippen MR) is 60.3 cm³/mol. The summed E-state index contributed by atoms with van der Waals surface area (Å²) in [6.07, 6.45) is 0. The van der Waals surface area contributed by atoms with Crippen LogP contribution >= 0.6 is 12.2 Å². The van der Waals surface area contributed by atoms with Crippen LogP contribution in [-0.2, 0) is 0 Å². The fourth-order valence-electron chi connectivity index (χ4n) is 0.974. The molecule has 0 heterocycles. The Morgan fingerprint density at radius 2 is 2.00 bits per heavy atom. The van der Waals surface area contributed by atoms with Crippen LogP contribution in [0, 0.1) is 6.92 Å². The van der Waals surface area contributed by atoms with Gasteiger partial charge in [-0.3, -0.25) is 4.79 Å². The molecule has 0 fully saturated rings. The zero-order valence-electron chi connectivity index (χ0n) is 7.91. The maximum Gasteiger partial charge on any atom is 0.251 e. The van der Waals surface area contributed by atoms with Crippen molar-refractivity contribution in [2.45, 2.75) is 6.92 Å². The lowest BCUT2D eigenvalue weighted by molar-refractivity contribution is 0.0959. The van der Waals surface area contributed by atoms with E-state index in [9.17, 15) is 4.79 Å². The van der Waals surface area contributed by atoms with Crippen LogP contribution in [0.25, 0.3) is 0 Å². The van der Waals surface area contributed by atoms with Crippen LogP contribution in [0.2, 0.25) is 0 Å². The molecule has 1 amide bonds. The minimum Gasteiger partial charge on any atom is -0.392 e. The third-order valence-corrected chi connectivity index (χ3v) is 1.88. The number of carbonyl (C=O) groups is 1. The van der Waals surface area contributed by atoms with E-state index < -0.39 is 0 Å². The van der Waals surface area contributed by atoms with Gasteiger partial charge in [0.15, 0.2) is 0 Å². The van der Waals surface area contributed by atoms with Gasteiger partial charge >= 0.3 is 0 Å². The van der Waals surface area contributed by atoms with E-state index in [1.54, 1.807) is 12.1 Å². The van der Waals surface area contributed by atoms with Crippen molar-refractivity contribution in [3.63, 3.8) is 0 Å². The van der Waals surface area contributed by atoms with Gasteiger partial charge in [0.1, 0.15) is 0 Å². The summed E-state index contributed by atoms with van der Waals surface area (Å²) in [5.41, 5.74) is 7.00. The van der Waals surface area contributed by atoms with Crippen molar-refractivity contribution in [3.8, 4) is 0 Å². The molecule has 1 aromatic carbocycles. The van der Waals surface area contributed by atoms with E-state index in [0.29, 0.717) is 5.56 Å². The first kappa shape index (κ1) is 10.7. The molecule has 0 saturated heterocycles. The monoisotopic (exact) mass is 208 g/mol. The molecule has 0 saturated carbocycles. The summed E-state index contributed by atoms with van der Waals surface area (Å²) >= 11 is 4.65. The van der Waals surface area contributed by atoms with E-state index in [-0.39, 0.29) is 17.4 Å². The van der Waals surface area contributed by atoms with Crippen molar-refractivity contribution in [1.82, 2.24) is 5.32 Å². The summed E-state index contributed by atoms with van der Waals surface area (Å²) in [5.74, 6) is -0.155. The van der Waals surface area contributed by atoms with Crippen LogP contribution in [0.15, 0.2) is 24.3 Å². The third-order valence-electron chi connectivity index (χ3n) is 1.74. The van der Waals surface area contributed by atoms with Crippen LogP contribution in [0.4, 0.5) is 0 Å². The van der Waals surface area contributed by atoms with E-state index in [1.807, 2.05) is 19.1 Å². The van der Waals surface area contributed by atoms with Crippen LogP contribution in [0.5, 0.6) is 0 Å². The fraction of sp³-hybridized carbons (Fsp3) is 0.200. The minimum absolute atomic E-state index is 0.155. The fourth-order valence-corrected chi connectivity index (χ4v) is 1.05. The van der Waals surface area contributed by atoms with Gasteiger partial charge in [-0.05, 0) is 19.1 Å². The highest BCUT2D eigenvalue weighted by atomic mass is 32.1. The largest absolute Gasteiger partial charge is 0.392 e. The molecular formula is C10H12N2OS. The van der Waals surface area contributed by atoms with E-state index in [2.05, 4.69) is 17.5 Å². The van der Waals surface area contributed by atoms with Gasteiger partial charge in [-0.2, -0.15) is 0 Å². The number of benzene rings is 1. The van der Waals surface area contributed by atoms with Crippen LogP contribution < -0.4 is 11.1 Å². The summed E-state index contributed by atoms with van der Waals surface area (Å²) < 4.78 is 0. The molecule has 0 bridgehead atoms. The molecule has 4 heteroatoms. The first-order valence-electron chi connectivity index (χ1n) is 4.23. The highest BCUT2D eigenvalue weighted by Gasteiger charge is 2.03. The number of aryl methyl sites for hydroxylation is 1. The van der Waals surface area contributed by atoms with Crippen molar-refractivity contribution in [1.29, 1.82) is 0 Å². The van der Waals surface area contributed by atoms with Crippen molar-refractivity contribution in [2.75, 3.05) is 6.54 Å². The number of thiocarbonyl (C=S) groups is 1. The molecule has 0 radical (unpaired) electrons. The van der Waals surface area contributed by atoms with Crippen LogP contribution in [0.3, 0.4) is 0 Å². The Morgan fingerprint density at radius 3 is 2.50 bits per heavy atom. The highest BCUT2D eigenvalue weighted by molar-refractivity contribution is 7.80. The van der Waals surface area contributed by atoms with Gasteiger partial charge in [0.25, 0.3) is 5.91 Å². The molecule has 3 N–H and O–H groups in total. The quantitative estimate of drug-likeness (QED) is 0.729. The molecule has 1 rings (SSSR count). The number of hydrogen-bond donors (Lipinski definition) is 2. The molecular weight excluding hydrogens is 196 g/mol. The van der Waals surface area contributed by atoms with Gasteiger partial charge in [0.2, 0.25) is 0 Å². The number of carbonyl (C=O) groups excluding carboxylic acids is 1. The summed E-state index contributed by atoms with van der Waals surface area (Å²) in [6, 6.07) is 7.31. The van der Waals surface area contributed by atoms with Crippen molar-refractivity contribution in [2.24, 2.45) is 5.73 Å². The second kappa shape index (κ2) is 4.72. The smallest absolute Gasteiger partial charge is 0.251 e. The van der Waals surface area contributed by atoms with Crippen molar-refractivity contribution < 1.29 is 4.79 Å². The topological polar surface area (TPSA) is 55.1 Å². The number of hydrogen-bond acceptors (Lipinski definition) is 2. The molecule has 0 aromatic heterocycles. The lowest BCUT2D eigenvalue weighted by Crippen LogP contribution is -2.32. The second-order valence-electron chi connectivity index (χ2n) is 3.02. The standard InChI is InChI=1S/C10H12N2OS/c1-7-2-4-8(5-3-7)10(13)12-6-9(11)14/h2-5H,6H2,1H3,(H2,11,14)(H,12,13). The molecule has 14 heavy (non-hydrogen) atoms. The van der Waals surface area contributed by atoms with Gasteiger partial charge in [0, 0.05) is 5.56 Å². The number of rotatable bonds is 3. The third kappa shape index (κ3) is 3.14. The maximum atomic E-state index is 11.4. The zero-order chi connectivity index (χ0) is 10.6. The molecule has 0 aliphatic rings. The van der Waals surface area contributed by atoms with Crippen LogP contribution in [0.1, 0.15) is 15.9 Å². The molecule has 0 aliphatic heterocycles. The highest BCUT2D eigenvalue weighted by Crippen LogP contribution is 2.02. The van der Waals surface area contributed by atoms with Gasteiger partial charge in [-0.25, -0.2) is 0 Å². The SMILES string of the molecule is Cc1ccc(C(=O)NCC(N)=S)cc1. The molecule has 0 atom stereocenters. The Bertz CT molecular complexity index is 346. The Labute approximate surface area is 88.3 Å². The van der Waals surface area contributed by atoms with Gasteiger partial charge in [-0.1, -0.05) is 29.9 Å². The molecule has 1 aromatic rings. The Balaban J connectivity index is 2.61. The Kier molecular flexibility index (Phi) is 3.59. The number of nitrogens with two attached hydrogens (primary N) is 1. The average Bonchev–Trinajstić information content (AvgIpc) is 2.15. The van der Waals surface area contributed by atoms with E-state index >= 15 is 0 Å². The first-order chi connectivity index (χ1) is 6.59. The van der Waals surface area contributed by atoms with Crippen LogP contribution in [-0.4, -0.2) is 17.4 Å². The molecule has 74 valence electrons. The minimum atomic E-state index is -0.155. The zero-order valence-corrected chi connectivity index (χ0v) is 8.73. The second-order valence-corrected chi connectivity index (χ2v) is 3.54. The first-order valence-corrected chi connectivity index (χ1v) is 4.63. The number of nitrogens with one attached hydrogen (secondary N) is 1. The molecule has 3 nitrogen and oxygen atoms in total. The summed E-state index contributed by atoms with van der Waals surface area (Å²) in [6.45, 7) is 2.21. The van der Waals surface area contributed by atoms with E-state index in [1.165, 1.54) is 0 Å². The van der Waals surface area contributed by atoms with Gasteiger partial charge in [-0.15, -0.1) is 0 Å². The molecule has 0 spiro atoms. The normalized spacial score (nSPS) is 9.50. The molecule has 0 aliphatic carbocycles. The van der Waals surface area contributed by atoms with Gasteiger partial charge < -0.3 is 11.1 Å². The average molecular weight is 208 g/mol. The Morgan fingerprint density at radius 1 is 1.43 bits per heavy atom. The summed E-state index contributed by atoms with van der Waals surface area (Å²) in [7, 11) is 0. The predicted octanol–water partition coefficient (Wildman–Crippen LogP) is 1.01. The van der Waals surface area contributed by atoms with E-state index in [0.717, 1.165) is 5.56 Å². The van der Waals surface area contributed by atoms with Crippen molar-refractivity contribution >= 4 is 23.1 Å². The lowest BCUT2D eigenvalue weighted by atomic mass is 10.1. The maximum absolute atomic E-state index is 11.4. The Hall–Kier alpha value is -1.42. The number of amides is 1. The molecule has 0 unspecified atom stereocenters. The van der Waals surface area contributed by atoms with Gasteiger partial charge in [0.05, 0.1) is 11.5 Å². The van der Waals surface area contributed by atoms with E-state index in [4.69, 9.17) is 5.73 Å². The summed E-state index contributed by atoms with van der Waals surface area (Å²) in [4.78, 5) is 11.7. The van der Waals surface area contributed by atoms with Crippen molar-refractivity contribution in [3.05, 3.63) is 35.4 Å². The lowest BCUT2D eigenvalue weighted by Gasteiger charge is -2.03.